The molecule has 14 heavy (non-hydrogen) atoms. The maximum Gasteiger partial charge on any atom is 0.172 e. The third-order valence-corrected chi connectivity index (χ3v) is 1.79. The summed E-state index contributed by atoms with van der Waals surface area (Å²) in [7, 11) is 1.54. The molecule has 0 aliphatic carbocycles. The number of aliphatic hydroxyl groups excluding tert-OH is 1. The van der Waals surface area contributed by atoms with E-state index < -0.39 is 0 Å². The van der Waals surface area contributed by atoms with Crippen LogP contribution in [0.25, 0.3) is 0 Å². The molecule has 1 aromatic rings. The lowest BCUT2D eigenvalue weighted by atomic mass is 10.3. The van der Waals surface area contributed by atoms with Crippen LogP contribution in [0.5, 0.6) is 0 Å². The lowest BCUT2D eigenvalue weighted by molar-refractivity contribution is 0.111. The molecule has 0 aliphatic rings. The van der Waals surface area contributed by atoms with Crippen molar-refractivity contribution in [3.63, 3.8) is 0 Å². The van der Waals surface area contributed by atoms with Gasteiger partial charge in [0, 0.05) is 20.3 Å². The minimum atomic E-state index is 0.0860. The monoisotopic (exact) mass is 199 g/mol. The minimum Gasteiger partial charge on any atom is -0.396 e. The van der Waals surface area contributed by atoms with Crippen LogP contribution < -0.4 is 0 Å². The van der Waals surface area contributed by atoms with Gasteiger partial charge in [-0.15, -0.1) is 5.10 Å². The fourth-order valence-electron chi connectivity index (χ4n) is 1.12. The van der Waals surface area contributed by atoms with Gasteiger partial charge in [-0.1, -0.05) is 5.21 Å². The predicted octanol–water partition coefficient (Wildman–Crippen LogP) is -0.381. The number of carbonyl (C=O) groups excluding carboxylic acids is 1. The fourth-order valence-corrected chi connectivity index (χ4v) is 1.12. The molecule has 1 N–H and O–H groups in total. The first kappa shape index (κ1) is 10.8. The Kier molecular flexibility index (Phi) is 4.21. The molecule has 0 amide bonds. The number of aromatic nitrogens is 3. The Labute approximate surface area is 81.5 Å². The number of aryl methyl sites for hydroxylation is 1. The predicted molar refractivity (Wildman–Crippen MR) is 47.8 cm³/mol. The molecule has 0 saturated carbocycles. The lowest BCUT2D eigenvalue weighted by Gasteiger charge is -2.03. The Hall–Kier alpha value is -1.27. The van der Waals surface area contributed by atoms with E-state index in [2.05, 4.69) is 10.3 Å². The van der Waals surface area contributed by atoms with Crippen molar-refractivity contribution in [2.75, 3.05) is 13.7 Å². The van der Waals surface area contributed by atoms with Crippen LogP contribution in [0.1, 0.15) is 22.6 Å². The first-order valence-corrected chi connectivity index (χ1v) is 4.30. The first-order chi connectivity index (χ1) is 6.83. The first-order valence-electron chi connectivity index (χ1n) is 4.30. The van der Waals surface area contributed by atoms with Gasteiger partial charge in [-0.25, -0.2) is 4.68 Å². The Morgan fingerprint density at radius 1 is 1.64 bits per heavy atom. The van der Waals surface area contributed by atoms with E-state index in [-0.39, 0.29) is 6.61 Å². The summed E-state index contributed by atoms with van der Waals surface area (Å²) in [6, 6.07) is 0. The van der Waals surface area contributed by atoms with Crippen LogP contribution in [-0.4, -0.2) is 40.1 Å². The average Bonchev–Trinajstić information content (AvgIpc) is 2.58. The van der Waals surface area contributed by atoms with Crippen molar-refractivity contribution in [2.45, 2.75) is 19.6 Å². The van der Waals surface area contributed by atoms with Crippen molar-refractivity contribution in [1.82, 2.24) is 15.0 Å². The van der Waals surface area contributed by atoms with Crippen molar-refractivity contribution in [3.05, 3.63) is 11.4 Å². The van der Waals surface area contributed by atoms with Gasteiger partial charge in [-0.3, -0.25) is 4.79 Å². The molecular weight excluding hydrogens is 186 g/mol. The van der Waals surface area contributed by atoms with Gasteiger partial charge in [-0.2, -0.15) is 0 Å². The molecule has 6 heteroatoms. The molecule has 78 valence electrons. The maximum atomic E-state index is 10.6. The number of hydrogen-bond donors (Lipinski definition) is 1. The SMILES string of the molecule is COCc1c(C=O)nnn1CCCO. The summed E-state index contributed by atoms with van der Waals surface area (Å²) in [6.45, 7) is 0.922. The van der Waals surface area contributed by atoms with E-state index in [1.54, 1.807) is 4.68 Å². The minimum absolute atomic E-state index is 0.0860. The highest BCUT2D eigenvalue weighted by molar-refractivity contribution is 5.73. The van der Waals surface area contributed by atoms with Crippen molar-refractivity contribution in [1.29, 1.82) is 0 Å². The zero-order valence-electron chi connectivity index (χ0n) is 8.01. The van der Waals surface area contributed by atoms with Crippen molar-refractivity contribution in [3.8, 4) is 0 Å². The highest BCUT2D eigenvalue weighted by Gasteiger charge is 2.10. The molecule has 0 spiro atoms. The van der Waals surface area contributed by atoms with Gasteiger partial charge >= 0.3 is 0 Å². The smallest absolute Gasteiger partial charge is 0.172 e. The second-order valence-electron chi connectivity index (χ2n) is 2.77. The summed E-state index contributed by atoms with van der Waals surface area (Å²) >= 11 is 0. The number of aliphatic hydroxyl groups is 1. The maximum absolute atomic E-state index is 10.6. The Morgan fingerprint density at radius 2 is 2.43 bits per heavy atom. The van der Waals surface area contributed by atoms with Crippen LogP contribution in [-0.2, 0) is 17.9 Å². The summed E-state index contributed by atoms with van der Waals surface area (Å²) < 4.78 is 6.50. The molecule has 0 unspecified atom stereocenters. The molecule has 0 fully saturated rings. The van der Waals surface area contributed by atoms with Crippen LogP contribution in [0, 0.1) is 0 Å². The van der Waals surface area contributed by atoms with E-state index >= 15 is 0 Å². The molecule has 1 aromatic heterocycles. The molecule has 0 aliphatic heterocycles. The molecule has 6 nitrogen and oxygen atoms in total. The third-order valence-electron chi connectivity index (χ3n) is 1.79. The van der Waals surface area contributed by atoms with Crippen LogP contribution in [0.15, 0.2) is 0 Å². The zero-order valence-corrected chi connectivity index (χ0v) is 8.01. The van der Waals surface area contributed by atoms with Gasteiger partial charge in [0.1, 0.15) is 0 Å². The molecule has 1 heterocycles. The van der Waals surface area contributed by atoms with Gasteiger partial charge in [0.25, 0.3) is 0 Å². The number of carbonyl (C=O) groups is 1. The van der Waals surface area contributed by atoms with E-state index in [1.165, 1.54) is 7.11 Å². The van der Waals surface area contributed by atoms with Gasteiger partial charge < -0.3 is 9.84 Å². The lowest BCUT2D eigenvalue weighted by Crippen LogP contribution is -2.08. The molecule has 0 bridgehead atoms. The largest absolute Gasteiger partial charge is 0.396 e. The van der Waals surface area contributed by atoms with E-state index in [4.69, 9.17) is 9.84 Å². The summed E-state index contributed by atoms with van der Waals surface area (Å²) in [5.41, 5.74) is 0.945. The van der Waals surface area contributed by atoms with E-state index in [0.29, 0.717) is 37.2 Å². The topological polar surface area (TPSA) is 77.2 Å². The van der Waals surface area contributed by atoms with Gasteiger partial charge in [0.15, 0.2) is 12.0 Å². The summed E-state index contributed by atoms with van der Waals surface area (Å²) in [5, 5.41) is 16.1. The van der Waals surface area contributed by atoms with Gasteiger partial charge in [0.05, 0.1) is 12.3 Å². The molecule has 1 rings (SSSR count). The van der Waals surface area contributed by atoms with Crippen LogP contribution in [0.4, 0.5) is 0 Å². The highest BCUT2D eigenvalue weighted by atomic mass is 16.5. The zero-order chi connectivity index (χ0) is 10.4. The van der Waals surface area contributed by atoms with Crippen molar-refractivity contribution >= 4 is 6.29 Å². The molecule has 0 atom stereocenters. The molecule has 0 aromatic carbocycles. The Balaban J connectivity index is 2.80. The fraction of sp³-hybridized carbons (Fsp3) is 0.625. The number of nitrogens with zero attached hydrogens (tertiary/aromatic N) is 3. The van der Waals surface area contributed by atoms with Crippen LogP contribution >= 0.6 is 0 Å². The highest BCUT2D eigenvalue weighted by Crippen LogP contribution is 2.05. The van der Waals surface area contributed by atoms with Crippen LogP contribution in [0.3, 0.4) is 0 Å². The van der Waals surface area contributed by atoms with Crippen LogP contribution in [0.2, 0.25) is 0 Å². The van der Waals surface area contributed by atoms with E-state index in [1.807, 2.05) is 0 Å². The third kappa shape index (κ3) is 2.36. The second-order valence-corrected chi connectivity index (χ2v) is 2.77. The van der Waals surface area contributed by atoms with Crippen molar-refractivity contribution < 1.29 is 14.6 Å². The Bertz CT molecular complexity index is 298. The number of ether oxygens (including phenoxy) is 1. The second kappa shape index (κ2) is 5.46. The normalized spacial score (nSPS) is 10.4. The summed E-state index contributed by atoms with van der Waals surface area (Å²) in [6.07, 6.45) is 1.23. The number of hydrogen-bond acceptors (Lipinski definition) is 5. The molecular formula is C8H13N3O3. The average molecular weight is 199 g/mol. The van der Waals surface area contributed by atoms with E-state index in [9.17, 15) is 4.79 Å². The quantitative estimate of drug-likeness (QED) is 0.632. The Morgan fingerprint density at radius 3 is 3.00 bits per heavy atom. The van der Waals surface area contributed by atoms with E-state index in [0.717, 1.165) is 0 Å². The molecule has 0 saturated heterocycles. The standard InChI is InChI=1S/C8H13N3O3/c1-14-6-8-7(5-13)9-10-11(8)3-2-4-12/h5,12H,2-4,6H2,1H3. The number of methoxy groups -OCH3 is 1. The number of aldehydes is 1. The number of rotatable bonds is 6. The molecule has 0 radical (unpaired) electrons. The summed E-state index contributed by atoms with van der Waals surface area (Å²) in [5.74, 6) is 0. The van der Waals surface area contributed by atoms with Gasteiger partial charge in [0.2, 0.25) is 0 Å². The van der Waals surface area contributed by atoms with Gasteiger partial charge in [-0.05, 0) is 6.42 Å². The van der Waals surface area contributed by atoms with Crippen molar-refractivity contribution in [2.24, 2.45) is 0 Å². The summed E-state index contributed by atoms with van der Waals surface area (Å²) in [4.78, 5) is 10.6.